The second kappa shape index (κ2) is 13.5. The molecule has 0 saturated carbocycles. The molecule has 0 fully saturated rings. The van der Waals surface area contributed by atoms with Crippen LogP contribution in [0, 0.1) is 13.8 Å². The van der Waals surface area contributed by atoms with Crippen molar-refractivity contribution in [1.82, 2.24) is 0 Å². The van der Waals surface area contributed by atoms with Crippen LogP contribution in [0.2, 0.25) is 0 Å². The molecule has 2 aromatic heterocycles. The first-order valence-corrected chi connectivity index (χ1v) is 14.9. The monoisotopic (exact) mass is 562 g/mol. The average molecular weight is 563 g/mol. The van der Waals surface area contributed by atoms with Crippen LogP contribution in [0.15, 0.2) is 80.0 Å². The molecule has 0 bridgehead atoms. The number of anilines is 2. The van der Waals surface area contributed by atoms with E-state index in [4.69, 9.17) is 0 Å². The lowest BCUT2D eigenvalue weighted by Gasteiger charge is -2.22. The van der Waals surface area contributed by atoms with Crippen LogP contribution >= 0.6 is 22.7 Å². The van der Waals surface area contributed by atoms with Gasteiger partial charge in [0.2, 0.25) is 0 Å². The summed E-state index contributed by atoms with van der Waals surface area (Å²) in [4.78, 5) is 4.65. The van der Waals surface area contributed by atoms with Crippen LogP contribution in [0.25, 0.3) is 0 Å². The van der Waals surface area contributed by atoms with Crippen molar-refractivity contribution in [3.63, 3.8) is 0 Å². The third kappa shape index (κ3) is 7.77. The summed E-state index contributed by atoms with van der Waals surface area (Å²) < 4.78 is 3.95. The van der Waals surface area contributed by atoms with E-state index in [1.165, 1.54) is 17.8 Å². The van der Waals surface area contributed by atoms with E-state index in [2.05, 4.69) is 94.6 Å². The van der Waals surface area contributed by atoms with Gasteiger partial charge in [-0.15, -0.1) is 0 Å². The molecule has 0 spiro atoms. The van der Waals surface area contributed by atoms with E-state index in [0.29, 0.717) is 0 Å². The Morgan fingerprint density at radius 3 is 1.44 bits per heavy atom. The second-order valence-electron chi connectivity index (χ2n) is 9.84. The molecule has 0 aliphatic rings. The molecule has 8 nitrogen and oxygen atoms in total. The fourth-order valence-electron chi connectivity index (χ4n) is 4.15. The largest absolute Gasteiger partial charge is 0.408 e. The summed E-state index contributed by atoms with van der Waals surface area (Å²) in [6, 6.07) is 12.8. The molecule has 39 heavy (non-hydrogen) atoms. The van der Waals surface area contributed by atoms with Gasteiger partial charge in [0.1, 0.15) is 23.8 Å². The van der Waals surface area contributed by atoms with Gasteiger partial charge >= 0.3 is 10.3 Å². The van der Waals surface area contributed by atoms with Crippen LogP contribution in [0.5, 0.6) is 0 Å². The van der Waals surface area contributed by atoms with Gasteiger partial charge in [0.05, 0.1) is 24.3 Å². The Morgan fingerprint density at radius 2 is 1.08 bits per heavy atom. The van der Waals surface area contributed by atoms with Gasteiger partial charge in [0.25, 0.3) is 0 Å². The molecular formula is C29H38N8S2+2. The van der Waals surface area contributed by atoms with Crippen molar-refractivity contribution in [2.75, 3.05) is 37.0 Å². The molecule has 0 unspecified atom stereocenters. The predicted molar refractivity (Wildman–Crippen MR) is 162 cm³/mol. The van der Waals surface area contributed by atoms with Crippen molar-refractivity contribution in [3.05, 3.63) is 70.7 Å². The maximum Gasteiger partial charge on any atom is 0.408 e. The number of benzene rings is 2. The number of azo groups is 2. The zero-order chi connectivity index (χ0) is 27.8. The topological polar surface area (TPSA) is 63.7 Å². The molecule has 10 heteroatoms. The normalized spacial score (nSPS) is 11.6. The Balaban J connectivity index is 1.21. The van der Waals surface area contributed by atoms with Gasteiger partial charge in [0.15, 0.2) is 0 Å². The summed E-state index contributed by atoms with van der Waals surface area (Å²) in [6.07, 6.45) is 7.46. The van der Waals surface area contributed by atoms with Crippen LogP contribution in [0.1, 0.15) is 30.4 Å². The smallest absolute Gasteiger partial charge is 0.375 e. The molecule has 0 aliphatic heterocycles. The van der Waals surface area contributed by atoms with Gasteiger partial charge in [0, 0.05) is 49.3 Å². The zero-order valence-electron chi connectivity index (χ0n) is 23.7. The summed E-state index contributed by atoms with van der Waals surface area (Å²) in [7, 11) is 8.28. The molecule has 0 atom stereocenters. The molecule has 0 saturated heterocycles. The third-order valence-electron chi connectivity index (χ3n) is 6.74. The van der Waals surface area contributed by atoms with E-state index in [1.807, 2.05) is 46.4 Å². The summed E-state index contributed by atoms with van der Waals surface area (Å²) in [5.74, 6) is 0. The van der Waals surface area contributed by atoms with E-state index >= 15 is 0 Å². The van der Waals surface area contributed by atoms with E-state index in [9.17, 15) is 0 Å². The highest BCUT2D eigenvalue weighted by molar-refractivity contribution is 7.13. The molecule has 0 N–H and O–H groups in total. The number of unbranched alkanes of at least 4 members (excludes halogenated alkanes) is 2. The lowest BCUT2D eigenvalue weighted by Crippen LogP contribution is -2.23. The number of aromatic nitrogens is 2. The van der Waals surface area contributed by atoms with E-state index in [0.717, 1.165) is 58.7 Å². The maximum absolute atomic E-state index is 4.45. The summed E-state index contributed by atoms with van der Waals surface area (Å²) in [6.45, 7) is 6.24. The third-order valence-corrected chi connectivity index (χ3v) is 8.41. The van der Waals surface area contributed by atoms with Crippen molar-refractivity contribution < 1.29 is 9.13 Å². The Labute approximate surface area is 239 Å². The molecule has 0 radical (unpaired) electrons. The van der Waals surface area contributed by atoms with Crippen molar-refractivity contribution in [2.45, 2.75) is 33.1 Å². The first kappa shape index (κ1) is 28.5. The standard InChI is InChI=1S/C29H38N8S2/c1-22-20-24(10-12-26(22)30-32-28-36(5)16-18-38-28)34(3)14-8-7-9-15-35(4)25-11-13-27(23(2)21-25)31-33-29-37(6)17-19-39-29/h10-13,16-21H,7-9,14-15H2,1-6H3/q+2. The van der Waals surface area contributed by atoms with Gasteiger partial charge < -0.3 is 9.80 Å². The van der Waals surface area contributed by atoms with E-state index in [1.54, 1.807) is 22.7 Å². The molecule has 4 rings (SSSR count). The number of hydrogen-bond acceptors (Lipinski definition) is 8. The predicted octanol–water partition coefficient (Wildman–Crippen LogP) is 7.65. The molecule has 0 amide bonds. The van der Waals surface area contributed by atoms with Crippen molar-refractivity contribution in [3.8, 4) is 0 Å². The van der Waals surface area contributed by atoms with Gasteiger partial charge in [-0.3, -0.25) is 0 Å². The highest BCUT2D eigenvalue weighted by Gasteiger charge is 2.11. The number of aryl methyl sites for hydroxylation is 4. The fourth-order valence-corrected chi connectivity index (χ4v) is 5.51. The van der Waals surface area contributed by atoms with Crippen LogP contribution < -0.4 is 18.9 Å². The maximum atomic E-state index is 4.45. The zero-order valence-corrected chi connectivity index (χ0v) is 25.3. The highest BCUT2D eigenvalue weighted by atomic mass is 32.1. The minimum atomic E-state index is 0.888. The Morgan fingerprint density at radius 1 is 0.641 bits per heavy atom. The van der Waals surface area contributed by atoms with Crippen LogP contribution in [0.4, 0.5) is 33.0 Å². The Hall–Kier alpha value is -3.50. The van der Waals surface area contributed by atoms with Gasteiger partial charge in [-0.1, -0.05) is 0 Å². The first-order valence-electron chi connectivity index (χ1n) is 13.1. The SMILES string of the molecule is Cc1cc(N(C)CCCCCN(C)c2ccc(N=Nc3scc[n+]3C)c(C)c2)ccc1N=Nc1scc[n+]1C. The fraction of sp³-hybridized carbons (Fsp3) is 0.379. The Bertz CT molecular complexity index is 1330. The van der Waals surface area contributed by atoms with Crippen LogP contribution in [-0.2, 0) is 14.1 Å². The lowest BCUT2D eigenvalue weighted by atomic mass is 10.1. The van der Waals surface area contributed by atoms with E-state index < -0.39 is 0 Å². The van der Waals surface area contributed by atoms with Crippen molar-refractivity contribution in [1.29, 1.82) is 0 Å². The number of thiazole rings is 2. The number of hydrogen-bond donors (Lipinski definition) is 0. The summed E-state index contributed by atoms with van der Waals surface area (Å²) in [5, 5.41) is 23.5. The summed E-state index contributed by atoms with van der Waals surface area (Å²) >= 11 is 3.16. The van der Waals surface area contributed by atoms with Crippen LogP contribution in [-0.4, -0.2) is 27.2 Å². The van der Waals surface area contributed by atoms with Gasteiger partial charge in [-0.2, -0.15) is 0 Å². The van der Waals surface area contributed by atoms with Gasteiger partial charge in [-0.25, -0.2) is 9.13 Å². The Kier molecular flexibility index (Phi) is 9.89. The number of rotatable bonds is 12. The minimum Gasteiger partial charge on any atom is -0.375 e. The van der Waals surface area contributed by atoms with E-state index in [-0.39, 0.29) is 0 Å². The molecule has 2 aromatic carbocycles. The first-order chi connectivity index (χ1) is 18.8. The lowest BCUT2D eigenvalue weighted by molar-refractivity contribution is -0.654. The molecular weight excluding hydrogens is 525 g/mol. The van der Waals surface area contributed by atoms with Crippen LogP contribution in [0.3, 0.4) is 0 Å². The highest BCUT2D eigenvalue weighted by Crippen LogP contribution is 2.28. The van der Waals surface area contributed by atoms with Crippen molar-refractivity contribution >= 4 is 55.7 Å². The minimum absolute atomic E-state index is 0.888. The molecule has 2 heterocycles. The second-order valence-corrected chi connectivity index (χ2v) is 11.6. The summed E-state index contributed by atoms with van der Waals surface area (Å²) in [5.41, 5.74) is 6.51. The number of nitrogens with zero attached hydrogens (tertiary/aromatic N) is 8. The molecule has 0 aliphatic carbocycles. The molecule has 4 aromatic rings. The average Bonchev–Trinajstić information content (AvgIpc) is 3.53. The molecule has 204 valence electrons. The van der Waals surface area contributed by atoms with Crippen molar-refractivity contribution in [2.24, 2.45) is 34.6 Å². The van der Waals surface area contributed by atoms with Gasteiger partial charge in [-0.05, 0) is 114 Å². The quantitative estimate of drug-likeness (QED) is 0.101.